The van der Waals surface area contributed by atoms with Crippen molar-refractivity contribution in [2.45, 2.75) is 5.92 Å². The zero-order chi connectivity index (χ0) is 23.2. The molecule has 4 aromatic rings. The lowest BCUT2D eigenvalue weighted by atomic mass is 9.91. The summed E-state index contributed by atoms with van der Waals surface area (Å²) in [5.41, 5.74) is 14.2. The van der Waals surface area contributed by atoms with Gasteiger partial charge in [-0.05, 0) is 29.3 Å². The Bertz CT molecular complexity index is 1220. The van der Waals surface area contributed by atoms with E-state index in [2.05, 4.69) is 26.1 Å². The van der Waals surface area contributed by atoms with E-state index in [-0.39, 0.29) is 17.4 Å². The topological polar surface area (TPSA) is 105 Å². The highest BCUT2D eigenvalue weighted by Gasteiger charge is 2.23. The van der Waals surface area contributed by atoms with Crippen LogP contribution in [-0.4, -0.2) is 15.9 Å². The van der Waals surface area contributed by atoms with Crippen LogP contribution in [0.15, 0.2) is 85.2 Å². The average molecular weight is 479 g/mol. The van der Waals surface area contributed by atoms with Crippen LogP contribution in [0.5, 0.6) is 0 Å². The van der Waals surface area contributed by atoms with Crippen molar-refractivity contribution >= 4 is 52.1 Å². The number of amides is 1. The fourth-order valence-electron chi connectivity index (χ4n) is 3.29. The Morgan fingerprint density at radius 1 is 0.848 bits per heavy atom. The van der Waals surface area contributed by atoms with E-state index < -0.39 is 5.92 Å². The molecule has 0 spiro atoms. The molecule has 33 heavy (non-hydrogen) atoms. The zero-order valence-electron chi connectivity index (χ0n) is 17.3. The third kappa shape index (κ3) is 5.34. The van der Waals surface area contributed by atoms with Crippen LogP contribution in [0.1, 0.15) is 17.0 Å². The van der Waals surface area contributed by atoms with Crippen molar-refractivity contribution < 1.29 is 4.79 Å². The number of benzene rings is 3. The van der Waals surface area contributed by atoms with Crippen molar-refractivity contribution in [2.24, 2.45) is 0 Å². The van der Waals surface area contributed by atoms with Gasteiger partial charge in [0, 0.05) is 5.02 Å². The number of halogens is 2. The Morgan fingerprint density at radius 3 is 2.09 bits per heavy atom. The van der Waals surface area contributed by atoms with Gasteiger partial charge in [-0.1, -0.05) is 83.9 Å². The van der Waals surface area contributed by atoms with E-state index in [0.717, 1.165) is 11.1 Å². The van der Waals surface area contributed by atoms with Gasteiger partial charge in [-0.2, -0.15) is 0 Å². The molecule has 4 rings (SSSR count). The highest BCUT2D eigenvalue weighted by atomic mass is 35.5. The minimum Gasteiger partial charge on any atom is -0.393 e. The quantitative estimate of drug-likeness (QED) is 0.265. The third-order valence-corrected chi connectivity index (χ3v) is 5.46. The molecule has 0 aliphatic carbocycles. The first-order valence-electron chi connectivity index (χ1n) is 10.0. The van der Waals surface area contributed by atoms with Gasteiger partial charge in [0.1, 0.15) is 12.0 Å². The van der Waals surface area contributed by atoms with E-state index in [1.165, 1.54) is 6.33 Å². The van der Waals surface area contributed by atoms with Crippen molar-refractivity contribution in [1.82, 2.24) is 15.4 Å². The van der Waals surface area contributed by atoms with Crippen LogP contribution in [-0.2, 0) is 4.79 Å². The summed E-state index contributed by atoms with van der Waals surface area (Å²) in [4.78, 5) is 21.5. The highest BCUT2D eigenvalue weighted by Crippen LogP contribution is 2.31. The van der Waals surface area contributed by atoms with Gasteiger partial charge in [-0.25, -0.2) is 9.97 Å². The number of carbonyl (C=O) groups excluding carboxylic acids is 1. The largest absolute Gasteiger partial charge is 0.393 e. The molecule has 1 aromatic heterocycles. The smallest absolute Gasteiger partial charge is 0.250 e. The minimum absolute atomic E-state index is 0.199. The Morgan fingerprint density at radius 2 is 1.45 bits per heavy atom. The number of nitrogens with two attached hydrogens (primary N) is 1. The monoisotopic (exact) mass is 478 g/mol. The Hall–Kier alpha value is -3.81. The van der Waals surface area contributed by atoms with Crippen LogP contribution in [0.3, 0.4) is 0 Å². The van der Waals surface area contributed by atoms with Crippen molar-refractivity contribution in [3.8, 4) is 0 Å². The number of nitrogens with zero attached hydrogens (tertiary/aromatic N) is 2. The van der Waals surface area contributed by atoms with Gasteiger partial charge >= 0.3 is 0 Å². The van der Waals surface area contributed by atoms with E-state index in [1.807, 2.05) is 60.7 Å². The number of nitrogens with one attached hydrogen (secondary N) is 3. The van der Waals surface area contributed by atoms with Crippen molar-refractivity contribution in [3.05, 3.63) is 106 Å². The SMILES string of the molecule is Nc1c(NNC(=O)C(c2ccccc2)c2ccccc2)ncnc1Nc1cc(Cl)ccc1Cl. The van der Waals surface area contributed by atoms with E-state index in [1.54, 1.807) is 18.2 Å². The molecule has 9 heteroatoms. The van der Waals surface area contributed by atoms with Gasteiger partial charge in [0.2, 0.25) is 5.91 Å². The summed E-state index contributed by atoms with van der Waals surface area (Å²) in [7, 11) is 0. The summed E-state index contributed by atoms with van der Waals surface area (Å²) in [6.45, 7) is 0. The van der Waals surface area contributed by atoms with Crippen LogP contribution in [0.4, 0.5) is 23.0 Å². The maximum atomic E-state index is 13.2. The van der Waals surface area contributed by atoms with E-state index in [4.69, 9.17) is 28.9 Å². The molecule has 0 saturated carbocycles. The summed E-state index contributed by atoms with van der Waals surface area (Å²) in [6, 6.07) is 24.0. The van der Waals surface area contributed by atoms with Crippen LogP contribution in [0.25, 0.3) is 0 Å². The molecule has 0 saturated heterocycles. The number of anilines is 4. The Kier molecular flexibility index (Phi) is 6.92. The molecule has 0 radical (unpaired) electrons. The molecule has 1 amide bonds. The molecular formula is C24H20Cl2N6O. The Balaban J connectivity index is 1.54. The maximum Gasteiger partial charge on any atom is 0.250 e. The van der Waals surface area contributed by atoms with Gasteiger partial charge < -0.3 is 11.1 Å². The molecule has 0 fully saturated rings. The summed E-state index contributed by atoms with van der Waals surface area (Å²) >= 11 is 12.3. The van der Waals surface area contributed by atoms with Crippen molar-refractivity contribution in [1.29, 1.82) is 0 Å². The first kappa shape index (κ1) is 22.4. The van der Waals surface area contributed by atoms with Crippen LogP contribution < -0.4 is 21.9 Å². The molecule has 5 N–H and O–H groups in total. The number of hydrogen-bond acceptors (Lipinski definition) is 6. The van der Waals surface area contributed by atoms with Crippen LogP contribution in [0.2, 0.25) is 10.0 Å². The molecule has 0 aliphatic rings. The molecule has 7 nitrogen and oxygen atoms in total. The van der Waals surface area contributed by atoms with Gasteiger partial charge in [-0.3, -0.25) is 15.6 Å². The fourth-order valence-corrected chi connectivity index (χ4v) is 3.63. The Labute approximate surface area is 200 Å². The molecular weight excluding hydrogens is 459 g/mol. The first-order valence-corrected chi connectivity index (χ1v) is 10.8. The van der Waals surface area contributed by atoms with Gasteiger partial charge in [0.05, 0.1) is 16.6 Å². The van der Waals surface area contributed by atoms with Gasteiger partial charge in [0.25, 0.3) is 0 Å². The molecule has 0 atom stereocenters. The predicted molar refractivity (Wildman–Crippen MR) is 133 cm³/mol. The zero-order valence-corrected chi connectivity index (χ0v) is 18.8. The molecule has 166 valence electrons. The van der Waals surface area contributed by atoms with Gasteiger partial charge in [-0.15, -0.1) is 0 Å². The number of carbonyl (C=O) groups is 1. The molecule has 0 unspecified atom stereocenters. The van der Waals surface area contributed by atoms with E-state index in [9.17, 15) is 4.79 Å². The lowest BCUT2D eigenvalue weighted by molar-refractivity contribution is -0.121. The summed E-state index contributed by atoms with van der Waals surface area (Å²) < 4.78 is 0. The molecule has 0 aliphatic heterocycles. The first-order chi connectivity index (χ1) is 16.0. The third-order valence-electron chi connectivity index (χ3n) is 4.90. The number of aromatic nitrogens is 2. The van der Waals surface area contributed by atoms with Crippen LogP contribution >= 0.6 is 23.2 Å². The molecule has 1 heterocycles. The predicted octanol–water partition coefficient (Wildman–Crippen LogP) is 5.38. The standard InChI is InChI=1S/C24H20Cl2N6O/c25-17-11-12-18(26)19(13-17)30-22-21(27)23(29-14-28-22)31-32-24(33)20(15-7-3-1-4-8-15)16-9-5-2-6-10-16/h1-14,20H,27H2,(H,32,33)(H2,28,29,30,31). The maximum absolute atomic E-state index is 13.2. The second-order valence-corrected chi connectivity index (χ2v) is 7.95. The molecule has 3 aromatic carbocycles. The van der Waals surface area contributed by atoms with E-state index >= 15 is 0 Å². The molecule has 0 bridgehead atoms. The summed E-state index contributed by atoms with van der Waals surface area (Å²) in [5, 5.41) is 4.00. The number of nitrogen functional groups attached to an aromatic ring is 1. The van der Waals surface area contributed by atoms with Crippen LogP contribution in [0, 0.1) is 0 Å². The minimum atomic E-state index is -0.522. The van der Waals surface area contributed by atoms with E-state index in [0.29, 0.717) is 21.6 Å². The summed E-state index contributed by atoms with van der Waals surface area (Å²) in [6.07, 6.45) is 1.32. The number of hydrazine groups is 1. The van der Waals surface area contributed by atoms with Crippen molar-refractivity contribution in [3.63, 3.8) is 0 Å². The fraction of sp³-hybridized carbons (Fsp3) is 0.0417. The van der Waals surface area contributed by atoms with Crippen molar-refractivity contribution in [2.75, 3.05) is 16.5 Å². The average Bonchev–Trinajstić information content (AvgIpc) is 2.83. The normalized spacial score (nSPS) is 10.6. The second-order valence-electron chi connectivity index (χ2n) is 7.10. The number of rotatable bonds is 7. The second kappa shape index (κ2) is 10.2. The van der Waals surface area contributed by atoms with Gasteiger partial charge in [0.15, 0.2) is 11.6 Å². The lowest BCUT2D eigenvalue weighted by Crippen LogP contribution is -2.35. The highest BCUT2D eigenvalue weighted by molar-refractivity contribution is 6.35. The number of hydrogen-bond donors (Lipinski definition) is 4. The lowest BCUT2D eigenvalue weighted by Gasteiger charge is -2.19. The summed E-state index contributed by atoms with van der Waals surface area (Å²) in [5.74, 6) is -0.240.